The molecule has 0 fully saturated rings. The van der Waals surface area contributed by atoms with Crippen LogP contribution < -0.4 is 0 Å². The molecule has 0 saturated carbocycles. The van der Waals surface area contributed by atoms with Crippen molar-refractivity contribution in [3.8, 4) is 0 Å². The summed E-state index contributed by atoms with van der Waals surface area (Å²) in [6.07, 6.45) is 5.07. The van der Waals surface area contributed by atoms with Gasteiger partial charge in [-0.2, -0.15) is 0 Å². The van der Waals surface area contributed by atoms with Gasteiger partial charge < -0.3 is 9.84 Å². The summed E-state index contributed by atoms with van der Waals surface area (Å²) in [6.45, 7) is 1.82. The summed E-state index contributed by atoms with van der Waals surface area (Å²) in [6, 6.07) is 17.1. The van der Waals surface area contributed by atoms with Gasteiger partial charge in [0.05, 0.1) is 18.8 Å². The Balaban J connectivity index is 1.46. The van der Waals surface area contributed by atoms with Gasteiger partial charge in [-0.15, -0.1) is 11.8 Å². The van der Waals surface area contributed by atoms with E-state index in [1.807, 2.05) is 7.05 Å². The van der Waals surface area contributed by atoms with E-state index < -0.39 is 6.10 Å². The number of hydrogen-bond donors (Lipinski definition) is 1. The lowest BCUT2D eigenvalue weighted by Gasteiger charge is -2.27. The Labute approximate surface area is 161 Å². The lowest BCUT2D eigenvalue weighted by molar-refractivity contribution is -0.0265. The molecule has 26 heavy (non-hydrogen) atoms. The summed E-state index contributed by atoms with van der Waals surface area (Å²) >= 11 is 1.75. The van der Waals surface area contributed by atoms with E-state index in [1.54, 1.807) is 11.8 Å². The fourth-order valence-corrected chi connectivity index (χ4v) is 4.04. The smallest absolute Gasteiger partial charge is 0.0900 e. The van der Waals surface area contributed by atoms with Crippen LogP contribution in [0.15, 0.2) is 53.4 Å². The van der Waals surface area contributed by atoms with Crippen LogP contribution in [0.3, 0.4) is 0 Å². The van der Waals surface area contributed by atoms with Gasteiger partial charge in [0, 0.05) is 18.0 Å². The van der Waals surface area contributed by atoms with Crippen LogP contribution in [0.5, 0.6) is 0 Å². The Morgan fingerprint density at radius 2 is 1.96 bits per heavy atom. The number of aryl methyl sites for hydroxylation is 1. The molecule has 0 bridgehead atoms. The molecule has 1 aliphatic carbocycles. The number of aliphatic hydroxyl groups is 1. The minimum Gasteiger partial charge on any atom is -0.389 e. The fraction of sp³-hybridized carbons (Fsp3) is 0.455. The summed E-state index contributed by atoms with van der Waals surface area (Å²) in [5, 5.41) is 10.4. The minimum atomic E-state index is -0.473. The maximum atomic E-state index is 10.4. The molecule has 1 N–H and O–H groups in total. The van der Waals surface area contributed by atoms with Crippen LogP contribution in [0.25, 0.3) is 0 Å². The van der Waals surface area contributed by atoms with E-state index in [0.717, 1.165) is 25.8 Å². The third-order valence-corrected chi connectivity index (χ3v) is 5.68. The van der Waals surface area contributed by atoms with Crippen molar-refractivity contribution in [1.29, 1.82) is 0 Å². The predicted octanol–water partition coefficient (Wildman–Crippen LogP) is 4.30. The Hall–Kier alpha value is -1.33. The number of rotatable bonds is 8. The molecule has 0 heterocycles. The number of fused-ring (bicyclic) bond motifs is 1. The summed E-state index contributed by atoms with van der Waals surface area (Å²) in [5.41, 5.74) is 3.96. The first kappa shape index (κ1) is 19.4. The summed E-state index contributed by atoms with van der Waals surface area (Å²) < 4.78 is 6.07. The highest BCUT2D eigenvalue weighted by molar-refractivity contribution is 7.98. The number of aliphatic hydroxyl groups excluding tert-OH is 1. The molecular weight excluding hydrogens is 342 g/mol. The molecule has 0 unspecified atom stereocenters. The highest BCUT2D eigenvalue weighted by Crippen LogP contribution is 2.32. The molecule has 0 aromatic heterocycles. The number of nitrogens with zero attached hydrogens (tertiary/aromatic N) is 1. The molecule has 0 radical (unpaired) electrons. The molecule has 4 heteroatoms. The molecule has 0 spiro atoms. The SMILES string of the molecule is CSc1ccc(CN(C)C[C@@H](O)CO[C@H]2CCCc3ccccc32)cc1. The van der Waals surface area contributed by atoms with E-state index >= 15 is 0 Å². The van der Waals surface area contributed by atoms with Gasteiger partial charge in [-0.1, -0.05) is 36.4 Å². The number of hydrogen-bond acceptors (Lipinski definition) is 4. The van der Waals surface area contributed by atoms with E-state index in [4.69, 9.17) is 4.74 Å². The van der Waals surface area contributed by atoms with Gasteiger partial charge in [-0.05, 0) is 61.4 Å². The van der Waals surface area contributed by atoms with Crippen LogP contribution in [-0.2, 0) is 17.7 Å². The van der Waals surface area contributed by atoms with Gasteiger partial charge in [0.2, 0.25) is 0 Å². The first-order valence-electron chi connectivity index (χ1n) is 9.34. The van der Waals surface area contributed by atoms with Crippen molar-refractivity contribution in [2.75, 3.05) is 26.5 Å². The molecular formula is C22H29NO2S. The first-order chi connectivity index (χ1) is 12.7. The third-order valence-electron chi connectivity index (χ3n) is 4.94. The number of ether oxygens (including phenoxy) is 1. The Kier molecular flexibility index (Phi) is 7.15. The summed E-state index contributed by atoms with van der Waals surface area (Å²) in [7, 11) is 2.04. The van der Waals surface area contributed by atoms with Crippen molar-refractivity contribution in [1.82, 2.24) is 4.90 Å². The second-order valence-corrected chi connectivity index (χ2v) is 7.99. The summed E-state index contributed by atoms with van der Waals surface area (Å²) in [5.74, 6) is 0. The molecule has 2 atom stereocenters. The van der Waals surface area contributed by atoms with Crippen LogP contribution in [0, 0.1) is 0 Å². The van der Waals surface area contributed by atoms with E-state index in [1.165, 1.54) is 21.6 Å². The van der Waals surface area contributed by atoms with Crippen molar-refractivity contribution in [2.24, 2.45) is 0 Å². The third kappa shape index (κ3) is 5.34. The second kappa shape index (κ2) is 9.56. The zero-order valence-corrected chi connectivity index (χ0v) is 16.5. The summed E-state index contributed by atoms with van der Waals surface area (Å²) in [4.78, 5) is 3.43. The van der Waals surface area contributed by atoms with Crippen LogP contribution in [0.1, 0.15) is 35.6 Å². The number of benzene rings is 2. The zero-order chi connectivity index (χ0) is 18.4. The van der Waals surface area contributed by atoms with Crippen molar-refractivity contribution < 1.29 is 9.84 Å². The normalized spacial score (nSPS) is 17.9. The molecule has 2 aromatic rings. The minimum absolute atomic E-state index is 0.124. The molecule has 0 aliphatic heterocycles. The van der Waals surface area contributed by atoms with Gasteiger partial charge in [-0.25, -0.2) is 0 Å². The Morgan fingerprint density at radius 3 is 2.73 bits per heavy atom. The monoisotopic (exact) mass is 371 g/mol. The van der Waals surface area contributed by atoms with Gasteiger partial charge in [-0.3, -0.25) is 4.90 Å². The van der Waals surface area contributed by atoms with Crippen LogP contribution in [-0.4, -0.2) is 42.6 Å². The van der Waals surface area contributed by atoms with Crippen LogP contribution in [0.4, 0.5) is 0 Å². The highest BCUT2D eigenvalue weighted by Gasteiger charge is 2.21. The van der Waals surface area contributed by atoms with Crippen LogP contribution >= 0.6 is 11.8 Å². The highest BCUT2D eigenvalue weighted by atomic mass is 32.2. The van der Waals surface area contributed by atoms with Crippen LogP contribution in [0.2, 0.25) is 0 Å². The van der Waals surface area contributed by atoms with Crippen molar-refractivity contribution in [3.05, 3.63) is 65.2 Å². The molecule has 1 aliphatic rings. The average Bonchev–Trinajstić information content (AvgIpc) is 2.67. The molecule has 0 saturated heterocycles. The van der Waals surface area contributed by atoms with Gasteiger partial charge >= 0.3 is 0 Å². The van der Waals surface area contributed by atoms with E-state index in [2.05, 4.69) is 59.7 Å². The number of thioether (sulfide) groups is 1. The molecule has 0 amide bonds. The molecule has 140 valence electrons. The first-order valence-corrected chi connectivity index (χ1v) is 10.6. The largest absolute Gasteiger partial charge is 0.389 e. The topological polar surface area (TPSA) is 32.7 Å². The lowest BCUT2D eigenvalue weighted by atomic mass is 9.89. The maximum Gasteiger partial charge on any atom is 0.0900 e. The lowest BCUT2D eigenvalue weighted by Crippen LogP contribution is -2.32. The van der Waals surface area contributed by atoms with Gasteiger partial charge in [0.25, 0.3) is 0 Å². The average molecular weight is 372 g/mol. The molecule has 3 nitrogen and oxygen atoms in total. The Morgan fingerprint density at radius 1 is 1.19 bits per heavy atom. The zero-order valence-electron chi connectivity index (χ0n) is 15.7. The quantitative estimate of drug-likeness (QED) is 0.702. The molecule has 3 rings (SSSR count). The van der Waals surface area contributed by atoms with Crippen molar-refractivity contribution in [3.63, 3.8) is 0 Å². The van der Waals surface area contributed by atoms with Crippen molar-refractivity contribution >= 4 is 11.8 Å². The second-order valence-electron chi connectivity index (χ2n) is 7.11. The standard InChI is InChI=1S/C22H29NO2S/c1-23(14-17-10-12-20(26-2)13-11-17)15-19(24)16-25-22-9-5-7-18-6-3-4-8-21(18)22/h3-4,6,8,10-13,19,22,24H,5,7,9,14-16H2,1-2H3/t19-,22+/m1/s1. The number of likely N-dealkylation sites (N-methyl/N-ethyl adjacent to an activating group) is 1. The van der Waals surface area contributed by atoms with E-state index in [9.17, 15) is 5.11 Å². The maximum absolute atomic E-state index is 10.4. The van der Waals surface area contributed by atoms with E-state index in [-0.39, 0.29) is 6.10 Å². The Bertz CT molecular complexity index is 689. The van der Waals surface area contributed by atoms with Gasteiger partial charge in [0.1, 0.15) is 0 Å². The predicted molar refractivity (Wildman–Crippen MR) is 109 cm³/mol. The molecule has 2 aromatic carbocycles. The van der Waals surface area contributed by atoms with E-state index in [0.29, 0.717) is 13.2 Å². The van der Waals surface area contributed by atoms with Crippen molar-refractivity contribution in [2.45, 2.75) is 42.9 Å². The van der Waals surface area contributed by atoms with Gasteiger partial charge in [0.15, 0.2) is 0 Å². The fourth-order valence-electron chi connectivity index (χ4n) is 3.63.